The molecule has 2 aromatic rings. The Morgan fingerprint density at radius 2 is 1.86 bits per heavy atom. The van der Waals surface area contributed by atoms with Crippen LogP contribution >= 0.6 is 0 Å². The van der Waals surface area contributed by atoms with E-state index in [9.17, 15) is 14.0 Å². The van der Waals surface area contributed by atoms with Crippen LogP contribution in [0.1, 0.15) is 42.1 Å². The minimum Gasteiger partial charge on any atom is -0.484 e. The fourth-order valence-electron chi connectivity index (χ4n) is 3.45. The van der Waals surface area contributed by atoms with Crippen LogP contribution in [-0.4, -0.2) is 42.5 Å². The first-order valence-electron chi connectivity index (χ1n) is 10.1. The Hall–Kier alpha value is -2.89. The summed E-state index contributed by atoms with van der Waals surface area (Å²) in [7, 11) is 0. The van der Waals surface area contributed by atoms with Crippen LogP contribution in [0.5, 0.6) is 5.75 Å². The second-order valence-corrected chi connectivity index (χ2v) is 7.32. The Kier molecular flexibility index (Phi) is 7.22. The van der Waals surface area contributed by atoms with Crippen LogP contribution in [0.25, 0.3) is 0 Å². The van der Waals surface area contributed by atoms with Gasteiger partial charge in [0.25, 0.3) is 11.8 Å². The van der Waals surface area contributed by atoms with E-state index in [0.717, 1.165) is 12.8 Å². The van der Waals surface area contributed by atoms with Crippen LogP contribution in [0.4, 0.5) is 4.39 Å². The van der Waals surface area contributed by atoms with Crippen LogP contribution in [0, 0.1) is 5.82 Å². The van der Waals surface area contributed by atoms with E-state index in [1.54, 1.807) is 11.0 Å². The molecule has 1 heterocycles. The standard InChI is InChI=1S/C23H27FN2O3/c1-2-4-17-7-9-21(10-8-17)29-16-22(27)26-13-11-20(12-14-26)25-23(28)18-5-3-6-19(24)15-18/h3,5-10,15,20H,2,4,11-14,16H2,1H3,(H,25,28). The van der Waals surface area contributed by atoms with Crippen molar-refractivity contribution < 1.29 is 18.7 Å². The minimum absolute atomic E-state index is 0.00738. The van der Waals surface area contributed by atoms with E-state index in [0.29, 0.717) is 37.2 Å². The van der Waals surface area contributed by atoms with Gasteiger partial charge in [0.1, 0.15) is 11.6 Å². The number of hydrogen-bond acceptors (Lipinski definition) is 3. The Bertz CT molecular complexity index is 830. The molecule has 2 amide bonds. The maximum Gasteiger partial charge on any atom is 0.260 e. The summed E-state index contributed by atoms with van der Waals surface area (Å²) in [6, 6.07) is 13.4. The van der Waals surface area contributed by atoms with Crippen molar-refractivity contribution in [2.75, 3.05) is 19.7 Å². The van der Waals surface area contributed by atoms with Gasteiger partial charge < -0.3 is 15.0 Å². The predicted octanol–water partition coefficient (Wildman–Crippen LogP) is 3.58. The van der Waals surface area contributed by atoms with Crippen LogP contribution in [0.2, 0.25) is 0 Å². The molecule has 5 nitrogen and oxygen atoms in total. The first kappa shape index (κ1) is 20.8. The van der Waals surface area contributed by atoms with Crippen molar-refractivity contribution in [2.45, 2.75) is 38.6 Å². The number of hydrogen-bond donors (Lipinski definition) is 1. The number of nitrogens with zero attached hydrogens (tertiary/aromatic N) is 1. The summed E-state index contributed by atoms with van der Waals surface area (Å²) in [6.45, 7) is 3.27. The molecular formula is C23H27FN2O3. The van der Waals surface area contributed by atoms with Gasteiger partial charge in [-0.15, -0.1) is 0 Å². The molecule has 0 bridgehead atoms. The predicted molar refractivity (Wildman–Crippen MR) is 109 cm³/mol. The molecule has 0 aliphatic carbocycles. The van der Waals surface area contributed by atoms with Gasteiger partial charge in [-0.05, 0) is 55.2 Å². The van der Waals surface area contributed by atoms with E-state index in [4.69, 9.17) is 4.74 Å². The third-order valence-electron chi connectivity index (χ3n) is 5.09. The molecule has 1 N–H and O–H groups in total. The molecule has 3 rings (SSSR count). The smallest absolute Gasteiger partial charge is 0.260 e. The minimum atomic E-state index is -0.432. The fraction of sp³-hybridized carbons (Fsp3) is 0.391. The summed E-state index contributed by atoms with van der Waals surface area (Å²) >= 11 is 0. The van der Waals surface area contributed by atoms with Gasteiger partial charge >= 0.3 is 0 Å². The van der Waals surface area contributed by atoms with Gasteiger partial charge in [-0.3, -0.25) is 9.59 Å². The lowest BCUT2D eigenvalue weighted by atomic mass is 10.0. The van der Waals surface area contributed by atoms with Gasteiger partial charge in [0.15, 0.2) is 6.61 Å². The highest BCUT2D eigenvalue weighted by Gasteiger charge is 2.24. The first-order chi connectivity index (χ1) is 14.0. The highest BCUT2D eigenvalue weighted by molar-refractivity contribution is 5.94. The summed E-state index contributed by atoms with van der Waals surface area (Å²) in [6.07, 6.45) is 3.46. The zero-order valence-corrected chi connectivity index (χ0v) is 16.7. The van der Waals surface area contributed by atoms with E-state index in [1.165, 1.54) is 23.8 Å². The first-order valence-corrected chi connectivity index (χ1v) is 10.1. The van der Waals surface area contributed by atoms with Gasteiger partial charge in [0.2, 0.25) is 0 Å². The molecule has 1 saturated heterocycles. The van der Waals surface area contributed by atoms with E-state index >= 15 is 0 Å². The lowest BCUT2D eigenvalue weighted by Crippen LogP contribution is -2.47. The van der Waals surface area contributed by atoms with Crippen molar-refractivity contribution in [3.05, 3.63) is 65.5 Å². The number of piperidine rings is 1. The van der Waals surface area contributed by atoms with Crippen molar-refractivity contribution >= 4 is 11.8 Å². The van der Waals surface area contributed by atoms with Gasteiger partial charge in [-0.25, -0.2) is 4.39 Å². The summed E-state index contributed by atoms with van der Waals surface area (Å²) < 4.78 is 18.9. The van der Waals surface area contributed by atoms with Crippen molar-refractivity contribution in [3.63, 3.8) is 0 Å². The summed E-state index contributed by atoms with van der Waals surface area (Å²) in [5, 5.41) is 2.92. The summed E-state index contributed by atoms with van der Waals surface area (Å²) in [5.74, 6) is -0.0878. The highest BCUT2D eigenvalue weighted by atomic mass is 19.1. The topological polar surface area (TPSA) is 58.6 Å². The number of halogens is 1. The summed E-state index contributed by atoms with van der Waals surface area (Å²) in [4.78, 5) is 26.4. The average Bonchev–Trinajstić information content (AvgIpc) is 2.74. The largest absolute Gasteiger partial charge is 0.484 e. The maximum atomic E-state index is 13.3. The number of nitrogens with one attached hydrogen (secondary N) is 1. The van der Waals surface area contributed by atoms with Crippen LogP contribution in [0.3, 0.4) is 0 Å². The maximum absolute atomic E-state index is 13.3. The lowest BCUT2D eigenvalue weighted by Gasteiger charge is -2.32. The van der Waals surface area contributed by atoms with Crippen molar-refractivity contribution in [2.24, 2.45) is 0 Å². The average molecular weight is 398 g/mol. The zero-order chi connectivity index (χ0) is 20.6. The zero-order valence-electron chi connectivity index (χ0n) is 16.7. The number of rotatable bonds is 7. The highest BCUT2D eigenvalue weighted by Crippen LogP contribution is 2.15. The van der Waals surface area contributed by atoms with Crippen LogP contribution in [-0.2, 0) is 11.2 Å². The monoisotopic (exact) mass is 398 g/mol. The quantitative estimate of drug-likeness (QED) is 0.776. The molecule has 29 heavy (non-hydrogen) atoms. The molecule has 0 unspecified atom stereocenters. The normalized spacial score (nSPS) is 14.5. The summed E-state index contributed by atoms with van der Waals surface area (Å²) in [5.41, 5.74) is 1.57. The van der Waals surface area contributed by atoms with Gasteiger partial charge in [-0.1, -0.05) is 31.5 Å². The third kappa shape index (κ3) is 6.04. The molecule has 1 aliphatic rings. The van der Waals surface area contributed by atoms with Crippen LogP contribution in [0.15, 0.2) is 48.5 Å². The van der Waals surface area contributed by atoms with E-state index in [-0.39, 0.29) is 24.5 Å². The Morgan fingerprint density at radius 3 is 2.52 bits per heavy atom. The molecule has 0 spiro atoms. The van der Waals surface area contributed by atoms with Gasteiger partial charge in [0, 0.05) is 24.7 Å². The molecule has 0 aromatic heterocycles. The number of ether oxygens (including phenoxy) is 1. The molecule has 0 atom stereocenters. The Labute approximate surface area is 170 Å². The second-order valence-electron chi connectivity index (χ2n) is 7.32. The van der Waals surface area contributed by atoms with Crippen molar-refractivity contribution in [3.8, 4) is 5.75 Å². The van der Waals surface area contributed by atoms with Gasteiger partial charge in [-0.2, -0.15) is 0 Å². The fourth-order valence-corrected chi connectivity index (χ4v) is 3.45. The number of amides is 2. The Balaban J connectivity index is 1.41. The molecular weight excluding hydrogens is 371 g/mol. The van der Waals surface area contributed by atoms with E-state index < -0.39 is 5.82 Å². The molecule has 1 fully saturated rings. The SMILES string of the molecule is CCCc1ccc(OCC(=O)N2CCC(NC(=O)c3cccc(F)c3)CC2)cc1. The number of benzene rings is 2. The van der Waals surface area contributed by atoms with E-state index in [1.807, 2.05) is 24.3 Å². The number of carbonyl (C=O) groups excluding carboxylic acids is 2. The molecule has 0 saturated carbocycles. The third-order valence-corrected chi connectivity index (χ3v) is 5.09. The molecule has 1 aliphatic heterocycles. The lowest BCUT2D eigenvalue weighted by molar-refractivity contribution is -0.134. The van der Waals surface area contributed by atoms with Crippen LogP contribution < -0.4 is 10.1 Å². The number of likely N-dealkylation sites (tertiary alicyclic amines) is 1. The molecule has 154 valence electrons. The van der Waals surface area contributed by atoms with Crippen molar-refractivity contribution in [1.29, 1.82) is 0 Å². The second kappa shape index (κ2) is 10.0. The Morgan fingerprint density at radius 1 is 1.14 bits per heavy atom. The number of aryl methyl sites for hydroxylation is 1. The van der Waals surface area contributed by atoms with Crippen molar-refractivity contribution in [1.82, 2.24) is 10.2 Å². The molecule has 0 radical (unpaired) electrons. The number of carbonyl (C=O) groups is 2. The molecule has 6 heteroatoms. The van der Waals surface area contributed by atoms with E-state index in [2.05, 4.69) is 12.2 Å². The molecule has 2 aromatic carbocycles. The van der Waals surface area contributed by atoms with Gasteiger partial charge in [0.05, 0.1) is 0 Å².